The number of carbonyl (C=O) groups is 1. The number of halogens is 2. The largest absolute Gasteiger partial charge is 0.381 e. The average Bonchev–Trinajstić information content (AvgIpc) is 3.35. The summed E-state index contributed by atoms with van der Waals surface area (Å²) in [6, 6.07) is 0. The number of nitrogens with zero attached hydrogens (tertiary/aromatic N) is 6. The predicted molar refractivity (Wildman–Crippen MR) is 122 cm³/mol. The molecule has 2 fully saturated rings. The molecule has 2 aliphatic heterocycles. The number of ether oxygens (including phenoxy) is 1. The van der Waals surface area contributed by atoms with Gasteiger partial charge in [0.2, 0.25) is 0 Å². The topological polar surface area (TPSA) is 114 Å². The summed E-state index contributed by atoms with van der Waals surface area (Å²) in [6.07, 6.45) is 7.46. The van der Waals surface area contributed by atoms with Gasteiger partial charge in [0.1, 0.15) is 11.3 Å². The van der Waals surface area contributed by atoms with Gasteiger partial charge in [0.25, 0.3) is 5.91 Å². The number of likely N-dealkylation sites (N-methyl/N-ethyl adjacent to an activating group) is 1. The van der Waals surface area contributed by atoms with Crippen molar-refractivity contribution in [1.29, 1.82) is 0 Å². The average molecular weight is 473 g/mol. The zero-order chi connectivity index (χ0) is 23.8. The highest BCUT2D eigenvalue weighted by Crippen LogP contribution is 2.32. The van der Waals surface area contributed by atoms with Crippen molar-refractivity contribution in [3.63, 3.8) is 0 Å². The summed E-state index contributed by atoms with van der Waals surface area (Å²) in [6.45, 7) is 3.13. The Morgan fingerprint density at radius 1 is 1.15 bits per heavy atom. The van der Waals surface area contributed by atoms with Gasteiger partial charge in [0.15, 0.2) is 23.1 Å². The van der Waals surface area contributed by atoms with Gasteiger partial charge in [-0.2, -0.15) is 0 Å². The normalized spacial score (nSPS) is 19.7. The summed E-state index contributed by atoms with van der Waals surface area (Å²) < 4.78 is 35.7. The fourth-order valence-electron chi connectivity index (χ4n) is 4.67. The third-order valence-corrected chi connectivity index (χ3v) is 6.31. The molecule has 12 heteroatoms. The molecule has 5 rings (SSSR count). The van der Waals surface area contributed by atoms with Crippen molar-refractivity contribution in [3.05, 3.63) is 42.0 Å². The van der Waals surface area contributed by atoms with Crippen LogP contribution in [0.1, 0.15) is 29.6 Å². The second kappa shape index (κ2) is 9.11. The Balaban J connectivity index is 1.32. The Morgan fingerprint density at radius 3 is 2.65 bits per heavy atom. The third-order valence-electron chi connectivity index (χ3n) is 6.31. The zero-order valence-corrected chi connectivity index (χ0v) is 18.7. The number of piperidine rings is 1. The van der Waals surface area contributed by atoms with Crippen molar-refractivity contribution >= 4 is 28.7 Å². The van der Waals surface area contributed by atoms with E-state index in [1.807, 2.05) is 4.90 Å². The quantitative estimate of drug-likeness (QED) is 0.579. The van der Waals surface area contributed by atoms with Crippen LogP contribution >= 0.6 is 0 Å². The lowest BCUT2D eigenvalue weighted by Gasteiger charge is -2.35. The fourth-order valence-corrected chi connectivity index (χ4v) is 4.67. The minimum absolute atomic E-state index is 0.0242. The molecule has 5 heterocycles. The number of hydrogen-bond donors (Lipinski definition) is 2. The number of pyridine rings is 1. The van der Waals surface area contributed by atoms with Gasteiger partial charge in [-0.15, -0.1) is 5.10 Å². The first-order valence-electron chi connectivity index (χ1n) is 11.2. The van der Waals surface area contributed by atoms with Crippen molar-refractivity contribution in [2.24, 2.45) is 0 Å². The summed E-state index contributed by atoms with van der Waals surface area (Å²) in [5.74, 6) is -1.91. The SMILES string of the molecule is CN1CC[C@@H](OC2CCN(c3c(F)cncc3NC(=O)c3c(N)nn4cc(F)cnc34)CC2)C1. The van der Waals surface area contributed by atoms with E-state index in [2.05, 4.69) is 32.3 Å². The van der Waals surface area contributed by atoms with Gasteiger partial charge < -0.3 is 25.6 Å². The monoisotopic (exact) mass is 472 g/mol. The summed E-state index contributed by atoms with van der Waals surface area (Å²) in [4.78, 5) is 25.0. The summed E-state index contributed by atoms with van der Waals surface area (Å²) in [7, 11) is 2.09. The second-order valence-electron chi connectivity index (χ2n) is 8.77. The van der Waals surface area contributed by atoms with Gasteiger partial charge >= 0.3 is 0 Å². The molecule has 0 spiro atoms. The standard InChI is InChI=1S/C22H26F2N8O2/c1-30-5-2-15(12-30)34-14-3-6-31(7-4-14)19-16(24)9-26-10-17(19)28-22(33)18-20(25)29-32-11-13(23)8-27-21(18)32/h8-11,14-15H,2-7,12H2,1H3,(H2,25,29)(H,28,33)/t15-/m1/s1. The van der Waals surface area contributed by atoms with E-state index in [0.29, 0.717) is 13.1 Å². The van der Waals surface area contributed by atoms with Gasteiger partial charge in [-0.05, 0) is 26.3 Å². The van der Waals surface area contributed by atoms with Crippen LogP contribution in [-0.2, 0) is 4.74 Å². The number of rotatable bonds is 5. The maximum absolute atomic E-state index is 14.9. The Bertz CT molecular complexity index is 1210. The van der Waals surface area contributed by atoms with Gasteiger partial charge in [-0.3, -0.25) is 9.78 Å². The number of fused-ring (bicyclic) bond motifs is 1. The molecule has 180 valence electrons. The summed E-state index contributed by atoms with van der Waals surface area (Å²) >= 11 is 0. The second-order valence-corrected chi connectivity index (χ2v) is 8.77. The molecule has 0 bridgehead atoms. The number of hydrogen-bond acceptors (Lipinski definition) is 8. The van der Waals surface area contributed by atoms with E-state index in [9.17, 15) is 13.6 Å². The van der Waals surface area contributed by atoms with Crippen molar-refractivity contribution in [1.82, 2.24) is 24.5 Å². The molecular formula is C22H26F2N8O2. The van der Waals surface area contributed by atoms with Crippen molar-refractivity contribution < 1.29 is 18.3 Å². The molecule has 0 saturated carbocycles. The van der Waals surface area contributed by atoms with E-state index < -0.39 is 17.5 Å². The van der Waals surface area contributed by atoms with Crippen LogP contribution in [-0.4, -0.2) is 75.8 Å². The van der Waals surface area contributed by atoms with Crippen LogP contribution in [0.25, 0.3) is 5.65 Å². The molecule has 0 aliphatic carbocycles. The third kappa shape index (κ3) is 4.38. The Hall–Kier alpha value is -3.38. The fraction of sp³-hybridized carbons (Fsp3) is 0.455. The maximum Gasteiger partial charge on any atom is 0.263 e. The van der Waals surface area contributed by atoms with Gasteiger partial charge in [0.05, 0.1) is 42.7 Å². The molecule has 1 atom stereocenters. The van der Waals surface area contributed by atoms with E-state index in [0.717, 1.165) is 55.5 Å². The maximum atomic E-state index is 14.9. The molecule has 2 aliphatic rings. The molecular weight excluding hydrogens is 446 g/mol. The summed E-state index contributed by atoms with van der Waals surface area (Å²) in [5, 5.41) is 6.62. The Labute approximate surface area is 194 Å². The Morgan fingerprint density at radius 2 is 1.91 bits per heavy atom. The van der Waals surface area contributed by atoms with Crippen molar-refractivity contribution in [2.45, 2.75) is 31.5 Å². The van der Waals surface area contributed by atoms with Crippen molar-refractivity contribution in [2.75, 3.05) is 49.2 Å². The number of aromatic nitrogens is 4. The smallest absolute Gasteiger partial charge is 0.263 e. The van der Waals surface area contributed by atoms with Gasteiger partial charge in [-0.1, -0.05) is 0 Å². The van der Waals surface area contributed by atoms with Crippen molar-refractivity contribution in [3.8, 4) is 0 Å². The highest BCUT2D eigenvalue weighted by Gasteiger charge is 2.29. The highest BCUT2D eigenvalue weighted by atomic mass is 19.1. The van der Waals surface area contributed by atoms with E-state index >= 15 is 0 Å². The lowest BCUT2D eigenvalue weighted by Crippen LogP contribution is -2.39. The number of anilines is 3. The molecule has 0 unspecified atom stereocenters. The molecule has 34 heavy (non-hydrogen) atoms. The van der Waals surface area contributed by atoms with E-state index in [-0.39, 0.29) is 40.6 Å². The van der Waals surface area contributed by atoms with Crippen LogP contribution < -0.4 is 16.0 Å². The molecule has 0 aromatic carbocycles. The Kier molecular flexibility index (Phi) is 6.00. The molecule has 3 aromatic heterocycles. The highest BCUT2D eigenvalue weighted by molar-refractivity contribution is 6.12. The predicted octanol–water partition coefficient (Wildman–Crippen LogP) is 1.93. The molecule has 3 aromatic rings. The van der Waals surface area contributed by atoms with Gasteiger partial charge in [0, 0.05) is 26.2 Å². The molecule has 1 amide bonds. The van der Waals surface area contributed by atoms with Crippen LogP contribution in [0.4, 0.5) is 26.0 Å². The molecule has 3 N–H and O–H groups in total. The molecule has 10 nitrogen and oxygen atoms in total. The van der Waals surface area contributed by atoms with E-state index in [4.69, 9.17) is 10.5 Å². The molecule has 0 radical (unpaired) electrons. The minimum Gasteiger partial charge on any atom is -0.381 e. The van der Waals surface area contributed by atoms with Crippen LogP contribution in [0.15, 0.2) is 24.8 Å². The lowest BCUT2D eigenvalue weighted by molar-refractivity contribution is -0.0169. The lowest BCUT2D eigenvalue weighted by atomic mass is 10.1. The number of carbonyl (C=O) groups excluding carboxylic acids is 1. The van der Waals surface area contributed by atoms with Gasteiger partial charge in [-0.25, -0.2) is 18.3 Å². The molecule has 2 saturated heterocycles. The first-order chi connectivity index (χ1) is 16.4. The van der Waals surface area contributed by atoms with Crippen LogP contribution in [0.2, 0.25) is 0 Å². The number of likely N-dealkylation sites (tertiary alicyclic amines) is 1. The van der Waals surface area contributed by atoms with Crippen LogP contribution in [0.3, 0.4) is 0 Å². The van der Waals surface area contributed by atoms with E-state index in [1.54, 1.807) is 0 Å². The number of nitrogens with one attached hydrogen (secondary N) is 1. The summed E-state index contributed by atoms with van der Waals surface area (Å²) in [5.41, 5.74) is 6.43. The first-order valence-corrected chi connectivity index (χ1v) is 11.2. The van der Waals surface area contributed by atoms with E-state index in [1.165, 1.54) is 6.20 Å². The number of amides is 1. The number of nitrogen functional groups attached to an aromatic ring is 1. The van der Waals surface area contributed by atoms with Crippen LogP contribution in [0, 0.1) is 11.6 Å². The van der Waals surface area contributed by atoms with Crippen LogP contribution in [0.5, 0.6) is 0 Å². The first kappa shape index (κ1) is 22.4. The minimum atomic E-state index is -0.635. The number of nitrogens with two attached hydrogens (primary N) is 1. The zero-order valence-electron chi connectivity index (χ0n) is 18.7.